The second kappa shape index (κ2) is 5.92. The van der Waals surface area contributed by atoms with Gasteiger partial charge in [0.1, 0.15) is 5.60 Å². The van der Waals surface area contributed by atoms with E-state index in [1.54, 1.807) is 12.2 Å². The number of aliphatic hydroxyl groups excluding tert-OH is 1. The molecule has 1 saturated heterocycles. The minimum absolute atomic E-state index is 0. The van der Waals surface area contributed by atoms with Crippen molar-refractivity contribution in [2.45, 2.75) is 31.4 Å². The first-order valence-corrected chi connectivity index (χ1v) is 5.23. The minimum atomic E-state index is -1.17. The van der Waals surface area contributed by atoms with Crippen LogP contribution >= 0.6 is 0 Å². The number of rotatable bonds is 1. The first-order chi connectivity index (χ1) is 6.93. The average Bonchev–Trinajstić information content (AvgIpc) is 2.18. The van der Waals surface area contributed by atoms with E-state index in [1.165, 1.54) is 0 Å². The van der Waals surface area contributed by atoms with Gasteiger partial charge in [-0.1, -0.05) is 31.5 Å². The molecule has 4 nitrogen and oxygen atoms in total. The molecule has 0 saturated carbocycles. The Bertz CT molecular complexity index is 329. The van der Waals surface area contributed by atoms with Gasteiger partial charge in [-0.2, -0.15) is 0 Å². The van der Waals surface area contributed by atoms with Gasteiger partial charge in [0.2, 0.25) is 0 Å². The molecule has 17 heavy (non-hydrogen) atoms. The Balaban J connectivity index is 0.00000128. The SMILES string of the molecule is C[C@@H]1[C@H](C)[C@](O)(CO)C=CC12CC(=O)[N-]2.[W].[Y]. The van der Waals surface area contributed by atoms with E-state index in [2.05, 4.69) is 5.32 Å². The number of hydrogen-bond donors (Lipinski definition) is 2. The van der Waals surface area contributed by atoms with E-state index in [-0.39, 0.29) is 78.1 Å². The maximum absolute atomic E-state index is 10.9. The van der Waals surface area contributed by atoms with Crippen molar-refractivity contribution in [1.29, 1.82) is 0 Å². The van der Waals surface area contributed by atoms with Crippen LogP contribution in [0, 0.1) is 11.8 Å². The molecular formula is C11H16NO3WY-. The summed E-state index contributed by atoms with van der Waals surface area (Å²) in [6, 6.07) is 0. The molecule has 1 amide bonds. The first kappa shape index (κ1) is 17.9. The molecule has 0 aromatic rings. The smallest absolute Gasteiger partial charge is 0.108 e. The molecule has 0 bridgehead atoms. The molecule has 1 aliphatic heterocycles. The Morgan fingerprint density at radius 3 is 2.35 bits per heavy atom. The van der Waals surface area contributed by atoms with E-state index in [1.807, 2.05) is 13.8 Å². The van der Waals surface area contributed by atoms with Gasteiger partial charge in [-0.05, 0) is 18.3 Å². The third-order valence-corrected chi connectivity index (χ3v) is 4.01. The molecule has 6 heteroatoms. The molecule has 1 aliphatic carbocycles. The number of carbonyl (C=O) groups is 1. The molecule has 2 rings (SSSR count). The van der Waals surface area contributed by atoms with Crippen LogP contribution in [0.2, 0.25) is 0 Å². The van der Waals surface area contributed by atoms with Crippen LogP contribution in [0.15, 0.2) is 12.2 Å². The Labute approximate surface area is 141 Å². The third-order valence-electron chi connectivity index (χ3n) is 4.01. The van der Waals surface area contributed by atoms with Crippen molar-refractivity contribution in [2.75, 3.05) is 6.61 Å². The Morgan fingerprint density at radius 2 is 1.94 bits per heavy atom. The zero-order valence-electron chi connectivity index (χ0n) is 9.96. The second-order valence-corrected chi connectivity index (χ2v) is 4.73. The first-order valence-electron chi connectivity index (χ1n) is 5.23. The monoisotopic (exact) mass is 483 g/mol. The predicted molar refractivity (Wildman–Crippen MR) is 55.2 cm³/mol. The molecule has 4 atom stereocenters. The fourth-order valence-electron chi connectivity index (χ4n) is 2.48. The van der Waals surface area contributed by atoms with Gasteiger partial charge in [0.15, 0.2) is 0 Å². The van der Waals surface area contributed by atoms with Gasteiger partial charge >= 0.3 is 0 Å². The van der Waals surface area contributed by atoms with Crippen molar-refractivity contribution in [3.05, 3.63) is 17.5 Å². The molecule has 0 aromatic carbocycles. The van der Waals surface area contributed by atoms with Crippen LogP contribution in [0.4, 0.5) is 0 Å². The molecular weight excluding hydrogens is 467 g/mol. The van der Waals surface area contributed by atoms with Gasteiger partial charge in [-0.15, -0.1) is 0 Å². The number of amides is 1. The quantitative estimate of drug-likeness (QED) is 0.424. The minimum Gasteiger partial charge on any atom is -0.644 e. The number of aliphatic hydroxyl groups is 2. The van der Waals surface area contributed by atoms with E-state index in [0.717, 1.165) is 0 Å². The molecule has 2 aliphatic rings. The fourth-order valence-corrected chi connectivity index (χ4v) is 2.48. The molecule has 1 radical (unpaired) electrons. The predicted octanol–water partition coefficient (Wildman–Crippen LogP) is 0.590. The maximum Gasteiger partial charge on any atom is 0.108 e. The van der Waals surface area contributed by atoms with E-state index in [9.17, 15) is 9.90 Å². The van der Waals surface area contributed by atoms with Crippen LogP contribution in [0.1, 0.15) is 20.3 Å². The van der Waals surface area contributed by atoms with Crippen LogP contribution in [0.5, 0.6) is 0 Å². The van der Waals surface area contributed by atoms with E-state index in [4.69, 9.17) is 5.11 Å². The molecule has 1 heterocycles. The van der Waals surface area contributed by atoms with Crippen molar-refractivity contribution in [2.24, 2.45) is 11.8 Å². The van der Waals surface area contributed by atoms with Crippen LogP contribution in [-0.4, -0.2) is 33.9 Å². The molecule has 1 fully saturated rings. The van der Waals surface area contributed by atoms with Gasteiger partial charge in [-0.3, -0.25) is 0 Å². The van der Waals surface area contributed by atoms with Crippen LogP contribution in [-0.2, 0) is 58.6 Å². The normalized spacial score (nSPS) is 43.2. The Hall–Kier alpha value is 0.922. The Kier molecular flexibility index (Phi) is 6.24. The fraction of sp³-hybridized carbons (Fsp3) is 0.727. The van der Waals surface area contributed by atoms with Gasteiger partial charge in [0.05, 0.1) is 12.5 Å². The summed E-state index contributed by atoms with van der Waals surface area (Å²) < 4.78 is 0. The van der Waals surface area contributed by atoms with Crippen molar-refractivity contribution in [3.63, 3.8) is 0 Å². The van der Waals surface area contributed by atoms with Gasteiger partial charge in [-0.25, -0.2) is 0 Å². The van der Waals surface area contributed by atoms with E-state index < -0.39 is 11.1 Å². The summed E-state index contributed by atoms with van der Waals surface area (Å²) >= 11 is 0. The van der Waals surface area contributed by atoms with Gasteiger partial charge in [0.25, 0.3) is 0 Å². The summed E-state index contributed by atoms with van der Waals surface area (Å²) in [7, 11) is 0. The molecule has 93 valence electrons. The summed E-state index contributed by atoms with van der Waals surface area (Å²) in [5, 5.41) is 23.3. The maximum atomic E-state index is 10.9. The molecule has 2 N–H and O–H groups in total. The average molecular weight is 483 g/mol. The summed E-state index contributed by atoms with van der Waals surface area (Å²) in [4.78, 5) is 10.9. The molecule has 0 aromatic heterocycles. The van der Waals surface area contributed by atoms with Crippen molar-refractivity contribution >= 4 is 5.91 Å². The number of β-lactam (4-membered cyclic amide) rings is 1. The van der Waals surface area contributed by atoms with Crippen molar-refractivity contribution in [3.8, 4) is 0 Å². The second-order valence-electron chi connectivity index (χ2n) is 4.73. The zero-order chi connectivity index (χ0) is 11.3. The van der Waals surface area contributed by atoms with Crippen molar-refractivity contribution < 1.29 is 68.8 Å². The van der Waals surface area contributed by atoms with Gasteiger partial charge < -0.3 is 20.3 Å². The summed E-state index contributed by atoms with van der Waals surface area (Å²) in [6.07, 6.45) is 3.79. The van der Waals surface area contributed by atoms with Crippen LogP contribution in [0.3, 0.4) is 0 Å². The molecule has 1 spiro atoms. The van der Waals surface area contributed by atoms with Crippen molar-refractivity contribution in [1.82, 2.24) is 0 Å². The van der Waals surface area contributed by atoms with Gasteiger partial charge in [0, 0.05) is 53.8 Å². The van der Waals surface area contributed by atoms with E-state index >= 15 is 0 Å². The standard InChI is InChI=1S/C11H17NO3.W.Y/c1-7-8(2)11(15,6-13)4-3-10(7)5-9(14)12-10;;/h3-4,7-8,13,15H,5-6H2,1-2H3,(H,12,14);;/p-1/t7-,8+,10?,11-;;/m1../s1. The largest absolute Gasteiger partial charge is 0.644 e. The number of hydrogen-bond acceptors (Lipinski definition) is 3. The van der Waals surface area contributed by atoms with Crippen LogP contribution < -0.4 is 0 Å². The van der Waals surface area contributed by atoms with Crippen LogP contribution in [0.25, 0.3) is 5.32 Å². The summed E-state index contributed by atoms with van der Waals surface area (Å²) in [5.74, 6) is -0.116. The number of carbonyl (C=O) groups excluding carboxylic acids is 1. The summed E-state index contributed by atoms with van der Waals surface area (Å²) in [5.41, 5.74) is -1.59. The molecule has 1 unspecified atom stereocenters. The summed E-state index contributed by atoms with van der Waals surface area (Å²) in [6.45, 7) is 3.55. The topological polar surface area (TPSA) is 71.6 Å². The zero-order valence-corrected chi connectivity index (χ0v) is 15.7. The van der Waals surface area contributed by atoms with E-state index in [0.29, 0.717) is 6.42 Å². The third kappa shape index (κ3) is 2.76. The number of nitrogens with zero attached hydrogens (tertiary/aromatic N) is 1. The Morgan fingerprint density at radius 1 is 1.41 bits per heavy atom.